The van der Waals surface area contributed by atoms with Crippen molar-refractivity contribution < 1.29 is 49.7 Å². The second-order valence-corrected chi connectivity index (χ2v) is 9.59. The summed E-state index contributed by atoms with van der Waals surface area (Å²) in [6.07, 6.45) is 3.87. The summed E-state index contributed by atoms with van der Waals surface area (Å²) in [6, 6.07) is 21.9. The van der Waals surface area contributed by atoms with Crippen molar-refractivity contribution in [3.8, 4) is 23.0 Å². The Labute approximate surface area is 226 Å². The van der Waals surface area contributed by atoms with Gasteiger partial charge >= 0.3 is 5.51 Å². The fourth-order valence-electron chi connectivity index (χ4n) is 3.41. The standard InChI is InChI=1S/C26H32NO4.CHF3O3S/c1-27-21(9-5-19-30-25-15-11-23(28-2)12-16-25)7-4-8-22(27)10-6-20-31-26-17-13-24(29-3)14-18-26;2-1(3,4)8(5,6)7/h4,7-8,11-18H,5-6,9-10,19-20H2,1-3H3;(H,5,6,7)/q+1;/p-1. The number of rotatable bonds is 12. The number of methoxy groups -OCH3 is 2. The summed E-state index contributed by atoms with van der Waals surface area (Å²) in [5.74, 6) is 3.42. The fraction of sp³-hybridized carbons (Fsp3) is 0.370. The van der Waals surface area contributed by atoms with Crippen molar-refractivity contribution >= 4 is 10.1 Å². The molecule has 0 atom stereocenters. The number of hydrogen-bond acceptors (Lipinski definition) is 7. The van der Waals surface area contributed by atoms with Crippen LogP contribution in [-0.2, 0) is 30.0 Å². The average molecular weight is 572 g/mol. The van der Waals surface area contributed by atoms with Crippen LogP contribution >= 0.6 is 0 Å². The Morgan fingerprint density at radius 1 is 0.718 bits per heavy atom. The molecule has 0 radical (unpaired) electrons. The molecule has 3 aromatic rings. The molecular formula is C27H32F3NO7S. The Morgan fingerprint density at radius 3 is 1.36 bits per heavy atom. The molecule has 0 aliphatic rings. The van der Waals surface area contributed by atoms with Gasteiger partial charge in [0.25, 0.3) is 0 Å². The van der Waals surface area contributed by atoms with E-state index in [1.807, 2.05) is 48.5 Å². The van der Waals surface area contributed by atoms with Gasteiger partial charge in [-0.05, 0) is 67.4 Å². The predicted octanol–water partition coefficient (Wildman–Crippen LogP) is 4.60. The minimum atomic E-state index is -6.09. The van der Waals surface area contributed by atoms with Gasteiger partial charge in [0.05, 0.1) is 27.4 Å². The Hall–Kier alpha value is -3.51. The minimum absolute atomic E-state index is 0.687. The number of pyridine rings is 1. The Morgan fingerprint density at radius 2 is 1.05 bits per heavy atom. The van der Waals surface area contributed by atoms with Crippen LogP contribution in [0.15, 0.2) is 66.7 Å². The van der Waals surface area contributed by atoms with E-state index in [2.05, 4.69) is 29.8 Å². The van der Waals surface area contributed by atoms with E-state index >= 15 is 0 Å². The van der Waals surface area contributed by atoms with E-state index < -0.39 is 15.6 Å². The third-order valence-electron chi connectivity index (χ3n) is 5.53. The van der Waals surface area contributed by atoms with E-state index in [-0.39, 0.29) is 0 Å². The predicted molar refractivity (Wildman–Crippen MR) is 137 cm³/mol. The zero-order valence-corrected chi connectivity index (χ0v) is 22.8. The summed E-state index contributed by atoms with van der Waals surface area (Å²) in [6.45, 7) is 1.37. The molecule has 214 valence electrons. The SMILES string of the molecule is COc1ccc(OCCCc2cccc(CCCOc3ccc(OC)cc3)[n+]2C)cc1.O=S(=O)([O-])C(F)(F)F. The van der Waals surface area contributed by atoms with Crippen LogP contribution in [0.5, 0.6) is 23.0 Å². The maximum absolute atomic E-state index is 10.7. The third kappa shape index (κ3) is 11.0. The molecule has 0 saturated heterocycles. The van der Waals surface area contributed by atoms with Crippen LogP contribution in [0.2, 0.25) is 0 Å². The van der Waals surface area contributed by atoms with Gasteiger partial charge in [-0.25, -0.2) is 13.0 Å². The smallest absolute Gasteiger partial charge is 0.485 e. The quantitative estimate of drug-likeness (QED) is 0.136. The molecule has 0 saturated carbocycles. The lowest BCUT2D eigenvalue weighted by molar-refractivity contribution is -0.686. The molecule has 0 unspecified atom stereocenters. The molecule has 39 heavy (non-hydrogen) atoms. The topological polar surface area (TPSA) is 98.0 Å². The molecule has 3 rings (SSSR count). The first-order chi connectivity index (χ1) is 18.4. The van der Waals surface area contributed by atoms with E-state index in [9.17, 15) is 13.2 Å². The Bertz CT molecular complexity index is 1180. The summed E-state index contributed by atoms with van der Waals surface area (Å²) < 4.78 is 83.2. The first-order valence-electron chi connectivity index (χ1n) is 12.0. The van der Waals surface area contributed by atoms with Gasteiger partial charge in [0.15, 0.2) is 21.5 Å². The molecule has 0 amide bonds. The maximum atomic E-state index is 10.7. The average Bonchev–Trinajstić information content (AvgIpc) is 2.90. The van der Waals surface area contributed by atoms with Gasteiger partial charge in [-0.3, -0.25) is 0 Å². The Balaban J connectivity index is 0.000000580. The minimum Gasteiger partial charge on any atom is -0.741 e. The number of halogens is 3. The van der Waals surface area contributed by atoms with Gasteiger partial charge < -0.3 is 23.5 Å². The van der Waals surface area contributed by atoms with Gasteiger partial charge in [0.2, 0.25) is 0 Å². The first-order valence-corrected chi connectivity index (χ1v) is 13.4. The largest absolute Gasteiger partial charge is 0.741 e. The highest BCUT2D eigenvalue weighted by Gasteiger charge is 2.36. The molecule has 0 aliphatic carbocycles. The number of benzene rings is 2. The van der Waals surface area contributed by atoms with Crippen molar-refractivity contribution in [1.29, 1.82) is 0 Å². The van der Waals surface area contributed by atoms with E-state index in [4.69, 9.17) is 31.9 Å². The molecule has 0 fully saturated rings. The summed E-state index contributed by atoms with van der Waals surface area (Å²) in [5, 5.41) is 0. The fourth-order valence-corrected chi connectivity index (χ4v) is 3.41. The first kappa shape index (κ1) is 31.7. The highest BCUT2D eigenvalue weighted by Crippen LogP contribution is 2.20. The molecule has 0 aliphatic heterocycles. The van der Waals surface area contributed by atoms with Crippen molar-refractivity contribution in [3.63, 3.8) is 0 Å². The molecule has 12 heteroatoms. The normalized spacial score (nSPS) is 11.3. The third-order valence-corrected chi connectivity index (χ3v) is 6.10. The molecule has 8 nitrogen and oxygen atoms in total. The number of hydrogen-bond donors (Lipinski definition) is 0. The van der Waals surface area contributed by atoms with E-state index in [1.165, 1.54) is 11.4 Å². The lowest BCUT2D eigenvalue weighted by Gasteiger charge is -2.09. The molecule has 1 heterocycles. The monoisotopic (exact) mass is 571 g/mol. The van der Waals surface area contributed by atoms with Gasteiger partial charge in [-0.15, -0.1) is 0 Å². The van der Waals surface area contributed by atoms with Crippen molar-refractivity contribution in [2.75, 3.05) is 27.4 Å². The zero-order valence-electron chi connectivity index (χ0n) is 21.9. The molecular weight excluding hydrogens is 539 g/mol. The molecule has 0 bridgehead atoms. The van der Waals surface area contributed by atoms with Crippen LogP contribution in [0.1, 0.15) is 24.2 Å². The zero-order chi connectivity index (χ0) is 28.9. The second kappa shape index (κ2) is 15.2. The summed E-state index contributed by atoms with van der Waals surface area (Å²) in [4.78, 5) is 0. The number of aromatic nitrogens is 1. The highest BCUT2D eigenvalue weighted by atomic mass is 32.2. The van der Waals surface area contributed by atoms with Crippen LogP contribution in [0.25, 0.3) is 0 Å². The number of alkyl halides is 3. The lowest BCUT2D eigenvalue weighted by atomic mass is 10.1. The number of aryl methyl sites for hydroxylation is 2. The lowest BCUT2D eigenvalue weighted by Crippen LogP contribution is -2.38. The highest BCUT2D eigenvalue weighted by molar-refractivity contribution is 7.86. The van der Waals surface area contributed by atoms with Crippen LogP contribution in [0.4, 0.5) is 13.2 Å². The van der Waals surface area contributed by atoms with Gasteiger partial charge in [-0.2, -0.15) is 13.2 Å². The van der Waals surface area contributed by atoms with Crippen LogP contribution in [0.3, 0.4) is 0 Å². The van der Waals surface area contributed by atoms with Gasteiger partial charge in [0, 0.05) is 25.0 Å². The van der Waals surface area contributed by atoms with Gasteiger partial charge in [0.1, 0.15) is 30.0 Å². The van der Waals surface area contributed by atoms with Crippen molar-refractivity contribution in [2.24, 2.45) is 7.05 Å². The summed E-state index contributed by atoms with van der Waals surface area (Å²) in [5.41, 5.74) is -3.02. The van der Waals surface area contributed by atoms with E-state index in [0.717, 1.165) is 48.7 Å². The van der Waals surface area contributed by atoms with Crippen LogP contribution < -0.4 is 23.5 Å². The van der Waals surface area contributed by atoms with E-state index in [1.54, 1.807) is 14.2 Å². The van der Waals surface area contributed by atoms with Crippen molar-refractivity contribution in [2.45, 2.75) is 31.2 Å². The van der Waals surface area contributed by atoms with Crippen LogP contribution in [-0.4, -0.2) is 45.9 Å². The molecule has 1 aromatic heterocycles. The number of nitrogens with zero attached hydrogens (tertiary/aromatic N) is 1. The maximum Gasteiger partial charge on any atom is 0.485 e. The number of ether oxygens (including phenoxy) is 4. The van der Waals surface area contributed by atoms with Gasteiger partial charge in [-0.1, -0.05) is 0 Å². The van der Waals surface area contributed by atoms with Crippen molar-refractivity contribution in [1.82, 2.24) is 0 Å². The molecule has 2 aromatic carbocycles. The molecule has 0 N–H and O–H groups in total. The summed E-state index contributed by atoms with van der Waals surface area (Å²) in [7, 11) is -0.623. The summed E-state index contributed by atoms with van der Waals surface area (Å²) >= 11 is 0. The van der Waals surface area contributed by atoms with Crippen LogP contribution in [0, 0.1) is 0 Å². The second-order valence-electron chi connectivity index (χ2n) is 8.22. The van der Waals surface area contributed by atoms with Crippen molar-refractivity contribution in [3.05, 3.63) is 78.1 Å². The Kier molecular flexibility index (Phi) is 12.3. The van der Waals surface area contributed by atoms with E-state index in [0.29, 0.717) is 13.2 Å². The molecule has 0 spiro atoms.